The summed E-state index contributed by atoms with van der Waals surface area (Å²) < 4.78 is 29.5. The molecule has 6 heteroatoms. The zero-order chi connectivity index (χ0) is 17.2. The van der Waals surface area contributed by atoms with Crippen LogP contribution in [0, 0.1) is 6.92 Å². The molecule has 2 heterocycles. The highest BCUT2D eigenvalue weighted by Gasteiger charge is 2.34. The molecule has 0 spiro atoms. The van der Waals surface area contributed by atoms with Crippen molar-refractivity contribution in [2.75, 3.05) is 6.54 Å². The van der Waals surface area contributed by atoms with Gasteiger partial charge in [0, 0.05) is 25.8 Å². The fraction of sp³-hybridized carbons (Fsp3) is 0.500. The lowest BCUT2D eigenvalue weighted by Gasteiger charge is -2.34. The molecule has 0 radical (unpaired) electrons. The lowest BCUT2D eigenvalue weighted by Crippen LogP contribution is -2.44. The smallest absolute Gasteiger partial charge is 0.262 e. The zero-order valence-corrected chi connectivity index (χ0v) is 15.2. The van der Waals surface area contributed by atoms with Crippen LogP contribution >= 0.6 is 0 Å². The molecule has 1 aliphatic rings. The third-order valence-electron chi connectivity index (χ3n) is 4.84. The van der Waals surface area contributed by atoms with Gasteiger partial charge < -0.3 is 4.57 Å². The number of aromatic nitrogens is 2. The van der Waals surface area contributed by atoms with Crippen molar-refractivity contribution in [3.05, 3.63) is 47.9 Å². The van der Waals surface area contributed by atoms with Crippen molar-refractivity contribution in [2.24, 2.45) is 7.05 Å². The Labute approximate surface area is 144 Å². The minimum Gasteiger partial charge on any atom is -0.337 e. The summed E-state index contributed by atoms with van der Waals surface area (Å²) in [6.45, 7) is 2.42. The van der Waals surface area contributed by atoms with Crippen LogP contribution in [-0.2, 0) is 23.5 Å². The van der Waals surface area contributed by atoms with Crippen LogP contribution in [0.1, 0.15) is 37.1 Å². The SMILES string of the molecule is Cc1nc(S(=O)(=O)N2CCCC[C@@H]2CCc2ccccc2)cn1C. The van der Waals surface area contributed by atoms with Gasteiger partial charge in [-0.3, -0.25) is 0 Å². The molecule has 1 aromatic carbocycles. The van der Waals surface area contributed by atoms with Gasteiger partial charge in [-0.25, -0.2) is 13.4 Å². The standard InChI is InChI=1S/C18H25N3O2S/c1-15-19-18(14-20(15)2)24(22,23)21-13-7-6-10-17(21)12-11-16-8-4-3-5-9-16/h3-5,8-9,14,17H,6-7,10-13H2,1-2H3/t17-/m1/s1. The first kappa shape index (κ1) is 17.2. The van der Waals surface area contributed by atoms with Gasteiger partial charge in [-0.15, -0.1) is 0 Å². The largest absolute Gasteiger partial charge is 0.337 e. The van der Waals surface area contributed by atoms with E-state index in [4.69, 9.17) is 0 Å². The second kappa shape index (κ2) is 7.07. The number of piperidine rings is 1. The maximum absolute atomic E-state index is 13.0. The lowest BCUT2D eigenvalue weighted by molar-refractivity contribution is 0.240. The number of hydrogen-bond acceptors (Lipinski definition) is 3. The normalized spacial score (nSPS) is 19.5. The van der Waals surface area contributed by atoms with Crippen LogP contribution in [0.3, 0.4) is 0 Å². The van der Waals surface area contributed by atoms with Crippen molar-refractivity contribution in [3.8, 4) is 0 Å². The molecule has 1 aromatic heterocycles. The Balaban J connectivity index is 1.78. The van der Waals surface area contributed by atoms with E-state index in [-0.39, 0.29) is 11.1 Å². The minimum atomic E-state index is -3.52. The van der Waals surface area contributed by atoms with Crippen LogP contribution in [0.2, 0.25) is 0 Å². The molecule has 1 saturated heterocycles. The van der Waals surface area contributed by atoms with Gasteiger partial charge in [-0.1, -0.05) is 36.8 Å². The predicted molar refractivity (Wildman–Crippen MR) is 94.2 cm³/mol. The van der Waals surface area contributed by atoms with Gasteiger partial charge in [0.1, 0.15) is 5.82 Å². The Hall–Kier alpha value is -1.66. The molecule has 1 aliphatic heterocycles. The maximum Gasteiger partial charge on any atom is 0.262 e. The number of imidazole rings is 1. The van der Waals surface area contributed by atoms with E-state index in [1.807, 2.05) is 32.2 Å². The van der Waals surface area contributed by atoms with E-state index in [0.717, 1.165) is 32.1 Å². The number of sulfonamides is 1. The Bertz CT molecular complexity index is 764. The second-order valence-corrected chi connectivity index (χ2v) is 8.36. The van der Waals surface area contributed by atoms with Crippen LogP contribution < -0.4 is 0 Å². The molecule has 5 nitrogen and oxygen atoms in total. The maximum atomic E-state index is 13.0. The molecular weight excluding hydrogens is 322 g/mol. The molecule has 130 valence electrons. The van der Waals surface area contributed by atoms with Crippen molar-refractivity contribution >= 4 is 10.0 Å². The zero-order valence-electron chi connectivity index (χ0n) is 14.4. The molecule has 0 N–H and O–H groups in total. The van der Waals surface area contributed by atoms with Gasteiger partial charge in [0.15, 0.2) is 5.03 Å². The first-order valence-electron chi connectivity index (χ1n) is 8.54. The average Bonchev–Trinajstić information content (AvgIpc) is 2.94. The minimum absolute atomic E-state index is 0.0614. The van der Waals surface area contributed by atoms with Crippen molar-refractivity contribution in [1.29, 1.82) is 0 Å². The summed E-state index contributed by atoms with van der Waals surface area (Å²) in [6, 6.07) is 10.3. The van der Waals surface area contributed by atoms with Crippen LogP contribution in [0.5, 0.6) is 0 Å². The van der Waals surface area contributed by atoms with Crippen molar-refractivity contribution in [3.63, 3.8) is 0 Å². The van der Waals surface area contributed by atoms with E-state index in [2.05, 4.69) is 17.1 Å². The summed E-state index contributed by atoms with van der Waals surface area (Å²) in [5.74, 6) is 0.714. The Morgan fingerprint density at radius 2 is 1.96 bits per heavy atom. The molecule has 2 aromatic rings. The highest BCUT2D eigenvalue weighted by atomic mass is 32.2. The summed E-state index contributed by atoms with van der Waals surface area (Å²) in [7, 11) is -1.69. The topological polar surface area (TPSA) is 55.2 Å². The van der Waals surface area contributed by atoms with E-state index >= 15 is 0 Å². The summed E-state index contributed by atoms with van der Waals surface area (Å²) in [5.41, 5.74) is 1.26. The number of rotatable bonds is 5. The molecule has 0 aliphatic carbocycles. The van der Waals surface area contributed by atoms with E-state index in [1.54, 1.807) is 15.1 Å². The van der Waals surface area contributed by atoms with Gasteiger partial charge in [0.05, 0.1) is 0 Å². The highest BCUT2D eigenvalue weighted by molar-refractivity contribution is 7.89. The number of hydrogen-bond donors (Lipinski definition) is 0. The Morgan fingerprint density at radius 1 is 1.21 bits per heavy atom. The van der Waals surface area contributed by atoms with Gasteiger partial charge in [-0.05, 0) is 38.2 Å². The molecule has 0 bridgehead atoms. The van der Waals surface area contributed by atoms with Crippen LogP contribution in [0.15, 0.2) is 41.6 Å². The third kappa shape index (κ3) is 3.54. The fourth-order valence-corrected chi connectivity index (χ4v) is 5.08. The molecule has 1 fully saturated rings. The molecular formula is C18H25N3O2S. The quantitative estimate of drug-likeness (QED) is 0.836. The van der Waals surface area contributed by atoms with Crippen LogP contribution in [0.25, 0.3) is 0 Å². The van der Waals surface area contributed by atoms with Crippen molar-refractivity contribution < 1.29 is 8.42 Å². The molecule has 1 atom stereocenters. The van der Waals surface area contributed by atoms with Crippen LogP contribution in [-0.4, -0.2) is 34.9 Å². The Kier molecular flexibility index (Phi) is 5.06. The fourth-order valence-electron chi connectivity index (χ4n) is 3.33. The van der Waals surface area contributed by atoms with E-state index < -0.39 is 10.0 Å². The molecule has 0 amide bonds. The number of nitrogens with zero attached hydrogens (tertiary/aromatic N) is 3. The van der Waals surface area contributed by atoms with Crippen LogP contribution in [0.4, 0.5) is 0 Å². The van der Waals surface area contributed by atoms with Gasteiger partial charge in [0.25, 0.3) is 10.0 Å². The van der Waals surface area contributed by atoms with E-state index in [0.29, 0.717) is 12.4 Å². The first-order chi connectivity index (χ1) is 11.5. The molecule has 0 unspecified atom stereocenters. The first-order valence-corrected chi connectivity index (χ1v) is 9.98. The van der Waals surface area contributed by atoms with Gasteiger partial charge >= 0.3 is 0 Å². The monoisotopic (exact) mass is 347 g/mol. The van der Waals surface area contributed by atoms with Gasteiger partial charge in [0.2, 0.25) is 0 Å². The lowest BCUT2D eigenvalue weighted by atomic mass is 9.98. The molecule has 0 saturated carbocycles. The number of aryl methyl sites for hydroxylation is 3. The molecule has 24 heavy (non-hydrogen) atoms. The van der Waals surface area contributed by atoms with E-state index in [9.17, 15) is 8.42 Å². The third-order valence-corrected chi connectivity index (χ3v) is 6.67. The number of benzene rings is 1. The Morgan fingerprint density at radius 3 is 2.62 bits per heavy atom. The highest BCUT2D eigenvalue weighted by Crippen LogP contribution is 2.27. The summed E-state index contributed by atoms with van der Waals surface area (Å²) in [6.07, 6.45) is 6.32. The summed E-state index contributed by atoms with van der Waals surface area (Å²) in [5, 5.41) is 0.175. The van der Waals surface area contributed by atoms with Crippen molar-refractivity contribution in [1.82, 2.24) is 13.9 Å². The molecule has 3 rings (SSSR count). The van der Waals surface area contributed by atoms with E-state index in [1.165, 1.54) is 5.56 Å². The predicted octanol–water partition coefficient (Wildman–Crippen LogP) is 2.90. The second-order valence-electron chi connectivity index (χ2n) is 6.53. The average molecular weight is 347 g/mol. The van der Waals surface area contributed by atoms with Gasteiger partial charge in [-0.2, -0.15) is 4.31 Å². The summed E-state index contributed by atoms with van der Waals surface area (Å²) >= 11 is 0. The van der Waals surface area contributed by atoms with Crippen molar-refractivity contribution in [2.45, 2.75) is 50.1 Å². The summed E-state index contributed by atoms with van der Waals surface area (Å²) in [4.78, 5) is 4.24.